The lowest BCUT2D eigenvalue weighted by Crippen LogP contribution is -2.04. The van der Waals surface area contributed by atoms with E-state index in [0.717, 1.165) is 117 Å². The Morgan fingerprint density at radius 3 is 1.06 bits per heavy atom. The van der Waals surface area contributed by atoms with Gasteiger partial charge in [0.15, 0.2) is 0 Å². The largest absolute Gasteiger partial charge is 0.497 e. The fourth-order valence-electron chi connectivity index (χ4n) is 12.2. The van der Waals surface area contributed by atoms with Gasteiger partial charge in [0.05, 0.1) is 80.1 Å². The molecule has 0 saturated carbocycles. The van der Waals surface area contributed by atoms with Gasteiger partial charge in [-0.15, -0.1) is 11.3 Å². The van der Waals surface area contributed by atoms with Crippen molar-refractivity contribution >= 4 is 106 Å². The number of thiophene rings is 1. The third-order valence-corrected chi connectivity index (χ3v) is 20.0. The standard InChI is InChI=1S/2C17H16O2.C17H24O2.C15H17NO2.C15H14O.C13H16O2.C12H14O2.C8H9N.C7H8S/c1-3-19-17(18)16-11-9-15(10-12-16)13(2)14-7-5-4-6-8-14;1-2-19-17(18)16-12-10-15(11-13-16)9-8-14-6-4-3-5-7-14;1-4-7-9-14(8-5-2)15-10-12-16(13-11-15)17(18)19-6-3;1-3-18-15(17)14-10-8-13(9-11-14)7-5-4-6-12-16-2;1-12(13-6-4-3-5-7-13)14-8-10-15(16-2)11-9-14;1-4-15-13(14)12-7-5-11(6-8-12)9-10(2)3;1-4-14-12(13)11-7-5-10(6-8-11)9(2)3;1-2-4-8-5-3-6-9-7-8;1-2-4-7-5-3-6-8-7/h4-12H,2-3H2,1H3;3-13H,2H2,1H3;9-13H,4-8H2,1-3H3;5,7-11H,3-4,6,12H2,1H3;3-11H,1H2,2H3;5-9H,4H2,1-3H3;5-8H,2,4H2,1,3H3;2-7H,1H3;2-6H,1H3/b;9-8+;14-9+;7-5+;;;;2*4-2+. The molecule has 10 aromatic carbocycles. The predicted octanol–water partition coefficient (Wildman–Crippen LogP) is 31.2. The first-order valence-corrected chi connectivity index (χ1v) is 47.0. The van der Waals surface area contributed by atoms with Crippen molar-refractivity contribution in [1.29, 1.82) is 0 Å². The molecule has 12 rings (SSSR count). The van der Waals surface area contributed by atoms with Gasteiger partial charge in [-0.2, -0.15) is 0 Å². The van der Waals surface area contributed by atoms with Crippen molar-refractivity contribution in [3.63, 3.8) is 0 Å². The molecule has 0 amide bonds. The quantitative estimate of drug-likeness (QED) is 0.0127. The van der Waals surface area contributed by atoms with Crippen LogP contribution in [0.15, 0.2) is 353 Å². The molecule has 0 radical (unpaired) electrons. The minimum atomic E-state index is -0.292. The van der Waals surface area contributed by atoms with E-state index >= 15 is 0 Å². The van der Waals surface area contributed by atoms with E-state index in [1.54, 1.807) is 120 Å². The molecule has 15 nitrogen and oxygen atoms in total. The van der Waals surface area contributed by atoms with E-state index in [2.05, 4.69) is 91.3 Å². The smallest absolute Gasteiger partial charge is 0.338 e. The SMILES string of the molecule is C/C=C/c1cccnc1.C/C=C/c1cccs1.C=C(C)c1ccc(C(=O)OCC)cc1.C=C(c1ccccc1)c1ccc(C(=O)OCC)cc1.C=C(c1ccccc1)c1ccc(OC)cc1.CCC/C=C(\CCC)c1ccc(C(=O)OCC)cc1.CCOC(=O)c1ccc(/C=C/c2ccccc2)cc1.CCOC(=O)c1ccc(C=C(C)C)cc1.[C-]#[N+]CCC/C=C/c1ccc(C(=O)OCC)cc1. The Morgan fingerprint density at radius 2 is 0.715 bits per heavy atom. The van der Waals surface area contributed by atoms with Gasteiger partial charge in [-0.05, 0) is 282 Å². The van der Waals surface area contributed by atoms with Crippen molar-refractivity contribution in [2.45, 2.75) is 129 Å². The number of rotatable bonds is 32. The summed E-state index contributed by atoms with van der Waals surface area (Å²) in [5, 5.41) is 2.08. The number of benzene rings is 10. The van der Waals surface area contributed by atoms with Gasteiger partial charge < -0.3 is 38.0 Å². The summed E-state index contributed by atoms with van der Waals surface area (Å²) >= 11 is 1.76. The molecule has 2 heterocycles. The van der Waals surface area contributed by atoms with Gasteiger partial charge in [0.25, 0.3) is 0 Å². The van der Waals surface area contributed by atoms with Crippen LogP contribution in [0.3, 0.4) is 0 Å². The number of unbranched alkanes of at least 4 members (excludes halogenated alkanes) is 2. The summed E-state index contributed by atoms with van der Waals surface area (Å²) in [4.78, 5) is 77.2. The van der Waals surface area contributed by atoms with Crippen LogP contribution in [0.4, 0.5) is 0 Å². The highest BCUT2D eigenvalue weighted by Gasteiger charge is 2.13. The number of aromatic nitrogens is 1. The van der Waals surface area contributed by atoms with Crippen molar-refractivity contribution in [1.82, 2.24) is 4.98 Å². The number of esters is 6. The minimum absolute atomic E-state index is 0.247. The van der Waals surface area contributed by atoms with Crippen molar-refractivity contribution in [3.05, 3.63) is 463 Å². The van der Waals surface area contributed by atoms with Gasteiger partial charge in [-0.25, -0.2) is 35.3 Å². The predicted molar refractivity (Wildman–Crippen MR) is 571 cm³/mol. The molecule has 0 spiro atoms. The maximum Gasteiger partial charge on any atom is 0.338 e. The molecule has 0 aliphatic heterocycles. The fraction of sp³-hybridized carbons (Fsp3) is 0.223. The molecule has 712 valence electrons. The minimum Gasteiger partial charge on any atom is -0.497 e. The van der Waals surface area contributed by atoms with Crippen LogP contribution >= 0.6 is 11.3 Å². The first-order chi connectivity index (χ1) is 66.5. The summed E-state index contributed by atoms with van der Waals surface area (Å²) in [5.41, 5.74) is 21.2. The second-order valence-electron chi connectivity index (χ2n) is 30.1. The second kappa shape index (κ2) is 69.6. The highest BCUT2D eigenvalue weighted by molar-refractivity contribution is 7.10. The van der Waals surface area contributed by atoms with Gasteiger partial charge in [0.1, 0.15) is 5.75 Å². The molecule has 12 aromatic rings. The zero-order valence-corrected chi connectivity index (χ0v) is 82.9. The summed E-state index contributed by atoms with van der Waals surface area (Å²) in [5.74, 6) is -0.777. The maximum atomic E-state index is 11.6. The summed E-state index contributed by atoms with van der Waals surface area (Å²) in [6.07, 6.45) is 30.5. The summed E-state index contributed by atoms with van der Waals surface area (Å²) < 4.78 is 34.7. The Morgan fingerprint density at radius 1 is 0.365 bits per heavy atom. The summed E-state index contributed by atoms with van der Waals surface area (Å²) in [7, 11) is 1.67. The first kappa shape index (κ1) is 114. The number of carbonyl (C=O) groups is 6. The summed E-state index contributed by atoms with van der Waals surface area (Å²) in [6.45, 7) is 46.9. The van der Waals surface area contributed by atoms with E-state index in [-0.39, 0.29) is 35.8 Å². The lowest BCUT2D eigenvalue weighted by atomic mass is 9.99. The van der Waals surface area contributed by atoms with E-state index in [0.29, 0.717) is 79.6 Å². The van der Waals surface area contributed by atoms with Gasteiger partial charge in [-0.1, -0.05) is 300 Å². The Labute approximate surface area is 818 Å². The van der Waals surface area contributed by atoms with E-state index < -0.39 is 0 Å². The Bertz CT molecular complexity index is 5740. The summed E-state index contributed by atoms with van der Waals surface area (Å²) in [6, 6.07) is 90.6. The molecule has 137 heavy (non-hydrogen) atoms. The number of pyridine rings is 1. The molecule has 0 N–H and O–H groups in total. The van der Waals surface area contributed by atoms with Crippen LogP contribution in [0.5, 0.6) is 5.75 Å². The fourth-order valence-corrected chi connectivity index (χ4v) is 12.8. The maximum absolute atomic E-state index is 11.6. The number of hydrogen-bond acceptors (Lipinski definition) is 15. The monoisotopic (exact) mass is 1850 g/mol. The van der Waals surface area contributed by atoms with Crippen LogP contribution < -0.4 is 4.74 Å². The molecule has 2 aromatic heterocycles. The number of ether oxygens (including phenoxy) is 7. The van der Waals surface area contributed by atoms with Gasteiger partial charge in [0, 0.05) is 23.7 Å². The topological polar surface area (TPSA) is 184 Å². The van der Waals surface area contributed by atoms with Crippen LogP contribution in [0.25, 0.3) is 63.6 Å². The van der Waals surface area contributed by atoms with Crippen LogP contribution in [0, 0.1) is 6.57 Å². The van der Waals surface area contributed by atoms with Crippen molar-refractivity contribution < 1.29 is 61.9 Å². The Hall–Kier alpha value is -15.2. The van der Waals surface area contributed by atoms with Crippen LogP contribution in [0.1, 0.15) is 257 Å². The lowest BCUT2D eigenvalue weighted by Gasteiger charge is -2.08. The molecule has 0 unspecified atom stereocenters. The normalized spacial score (nSPS) is 10.2. The molecular weight excluding hydrogens is 1720 g/mol. The first-order valence-electron chi connectivity index (χ1n) is 46.2. The number of allylic oxidation sites excluding steroid dienone is 7. The number of methoxy groups -OCH3 is 1. The van der Waals surface area contributed by atoms with E-state index in [9.17, 15) is 28.8 Å². The van der Waals surface area contributed by atoms with Gasteiger partial charge in [-0.3, -0.25) is 4.98 Å². The second-order valence-corrected chi connectivity index (χ2v) is 31.1. The van der Waals surface area contributed by atoms with Gasteiger partial charge in [0.2, 0.25) is 6.54 Å². The Kier molecular flexibility index (Phi) is 58.0. The highest BCUT2D eigenvalue weighted by atomic mass is 32.1. The van der Waals surface area contributed by atoms with E-state index in [1.165, 1.54) is 21.6 Å². The zero-order valence-electron chi connectivity index (χ0n) is 82.1. The average Bonchev–Trinajstić information content (AvgIpc) is 0.876. The van der Waals surface area contributed by atoms with Crippen LogP contribution in [-0.4, -0.2) is 94.1 Å². The molecule has 0 bridgehead atoms. The third-order valence-electron chi connectivity index (χ3n) is 19.1. The molecule has 0 saturated heterocycles. The van der Waals surface area contributed by atoms with Crippen LogP contribution in [-0.2, 0) is 28.4 Å². The number of carbonyl (C=O) groups excluding carboxylic acids is 6. The highest BCUT2D eigenvalue weighted by Crippen LogP contribution is 2.27. The third kappa shape index (κ3) is 46.8. The van der Waals surface area contributed by atoms with Crippen molar-refractivity contribution in [3.8, 4) is 5.75 Å². The number of nitrogens with zero attached hydrogens (tertiary/aromatic N) is 2. The molecule has 16 heteroatoms. The molecule has 0 atom stereocenters. The molecule has 0 aliphatic rings. The molecular formula is C121H134N2O13S. The molecule has 0 aliphatic carbocycles. The van der Waals surface area contributed by atoms with Crippen LogP contribution in [0.2, 0.25) is 0 Å². The van der Waals surface area contributed by atoms with Gasteiger partial charge >= 0.3 is 35.8 Å². The Balaban J connectivity index is 0.000000325. The lowest BCUT2D eigenvalue weighted by molar-refractivity contribution is 0.0516. The van der Waals surface area contributed by atoms with E-state index in [1.807, 2.05) is 290 Å². The van der Waals surface area contributed by atoms with Crippen molar-refractivity contribution in [2.24, 2.45) is 0 Å². The zero-order chi connectivity index (χ0) is 100. The van der Waals surface area contributed by atoms with E-state index in [4.69, 9.17) is 39.7 Å². The number of hydrogen-bond donors (Lipinski definition) is 0. The molecule has 0 fully saturated rings. The van der Waals surface area contributed by atoms with Crippen molar-refractivity contribution in [2.75, 3.05) is 53.3 Å². The average molecular weight is 1860 g/mol.